The molecule has 2 amide bonds. The summed E-state index contributed by atoms with van der Waals surface area (Å²) in [7, 11) is 1.52. The predicted octanol–water partition coefficient (Wildman–Crippen LogP) is 4.04. The number of hydrogen-bond donors (Lipinski definition) is 1. The maximum atomic E-state index is 12.6. The number of nitrogens with one attached hydrogen (secondary N) is 1. The van der Waals surface area contributed by atoms with Gasteiger partial charge in [0.25, 0.3) is 11.8 Å². The van der Waals surface area contributed by atoms with Crippen LogP contribution in [0.5, 0.6) is 5.75 Å². The third kappa shape index (κ3) is 5.35. The van der Waals surface area contributed by atoms with E-state index in [1.807, 2.05) is 30.3 Å². The molecule has 29 heavy (non-hydrogen) atoms. The Morgan fingerprint density at radius 1 is 1.14 bits per heavy atom. The summed E-state index contributed by atoms with van der Waals surface area (Å²) in [5, 5.41) is 2.94. The number of fused-ring (bicyclic) bond motifs is 1. The van der Waals surface area contributed by atoms with Crippen LogP contribution in [-0.2, 0) is 16.0 Å². The Bertz CT molecular complexity index is 848. The van der Waals surface area contributed by atoms with E-state index in [1.54, 1.807) is 17.0 Å². The van der Waals surface area contributed by atoms with Gasteiger partial charge in [0.05, 0.1) is 6.61 Å². The molecule has 2 aromatic carbocycles. The molecule has 0 aliphatic carbocycles. The number of hydrogen-bond acceptors (Lipinski definition) is 4. The molecule has 0 fully saturated rings. The van der Waals surface area contributed by atoms with Gasteiger partial charge in [0, 0.05) is 30.6 Å². The zero-order chi connectivity index (χ0) is 20.6. The Labute approximate surface area is 171 Å². The molecule has 6 heteroatoms. The highest BCUT2D eigenvalue weighted by molar-refractivity contribution is 6.04. The fourth-order valence-electron chi connectivity index (χ4n) is 3.38. The van der Waals surface area contributed by atoms with Crippen molar-refractivity contribution >= 4 is 23.2 Å². The molecule has 1 aliphatic rings. The summed E-state index contributed by atoms with van der Waals surface area (Å²) in [4.78, 5) is 26.6. The molecule has 3 rings (SSSR count). The van der Waals surface area contributed by atoms with Crippen molar-refractivity contribution in [1.82, 2.24) is 0 Å². The first-order chi connectivity index (χ1) is 14.1. The minimum absolute atomic E-state index is 0.0496. The third-order valence-electron chi connectivity index (χ3n) is 4.91. The summed E-state index contributed by atoms with van der Waals surface area (Å²) < 4.78 is 10.6. The van der Waals surface area contributed by atoms with E-state index in [0.29, 0.717) is 18.7 Å². The van der Waals surface area contributed by atoms with Crippen LogP contribution in [-0.4, -0.2) is 38.7 Å². The van der Waals surface area contributed by atoms with Crippen molar-refractivity contribution in [2.75, 3.05) is 37.1 Å². The third-order valence-corrected chi connectivity index (χ3v) is 4.91. The van der Waals surface area contributed by atoms with Crippen molar-refractivity contribution in [2.45, 2.75) is 32.6 Å². The highest BCUT2D eigenvalue weighted by Gasteiger charge is 2.22. The van der Waals surface area contributed by atoms with Gasteiger partial charge in [-0.1, -0.05) is 13.3 Å². The number of amides is 2. The minimum atomic E-state index is -0.173. The van der Waals surface area contributed by atoms with Crippen molar-refractivity contribution < 1.29 is 19.1 Å². The van der Waals surface area contributed by atoms with Crippen LogP contribution in [0.3, 0.4) is 0 Å². The quantitative estimate of drug-likeness (QED) is 0.684. The number of rotatable bonds is 8. The maximum absolute atomic E-state index is 12.6. The van der Waals surface area contributed by atoms with Gasteiger partial charge in [0.2, 0.25) is 0 Å². The van der Waals surface area contributed by atoms with Crippen LogP contribution in [0.15, 0.2) is 42.5 Å². The molecule has 0 atom stereocenters. The lowest BCUT2D eigenvalue weighted by Gasteiger charge is -2.29. The highest BCUT2D eigenvalue weighted by Crippen LogP contribution is 2.30. The Morgan fingerprint density at radius 3 is 2.66 bits per heavy atom. The van der Waals surface area contributed by atoms with Crippen LogP contribution < -0.4 is 15.0 Å². The van der Waals surface area contributed by atoms with Crippen LogP contribution in [0.1, 0.15) is 42.1 Å². The summed E-state index contributed by atoms with van der Waals surface area (Å²) >= 11 is 0. The fourth-order valence-corrected chi connectivity index (χ4v) is 3.38. The summed E-state index contributed by atoms with van der Waals surface area (Å²) in [5.74, 6) is 0.546. The lowest BCUT2D eigenvalue weighted by Crippen LogP contribution is -2.37. The molecule has 0 saturated heterocycles. The van der Waals surface area contributed by atoms with Crippen LogP contribution in [0.2, 0.25) is 0 Å². The van der Waals surface area contributed by atoms with Gasteiger partial charge in [-0.2, -0.15) is 0 Å². The average Bonchev–Trinajstić information content (AvgIpc) is 2.74. The Balaban J connectivity index is 1.66. The van der Waals surface area contributed by atoms with Gasteiger partial charge >= 0.3 is 0 Å². The van der Waals surface area contributed by atoms with Crippen molar-refractivity contribution in [3.8, 4) is 5.75 Å². The number of ether oxygens (including phenoxy) is 2. The first-order valence-electron chi connectivity index (χ1n) is 10.1. The van der Waals surface area contributed by atoms with Gasteiger partial charge in [-0.05, 0) is 67.3 Å². The molecular weight excluding hydrogens is 368 g/mol. The number of carbonyl (C=O) groups excluding carboxylic acids is 2. The summed E-state index contributed by atoms with van der Waals surface area (Å²) in [6.07, 6.45) is 3.85. The van der Waals surface area contributed by atoms with Crippen LogP contribution in [0.25, 0.3) is 0 Å². The fraction of sp³-hybridized carbons (Fsp3) is 0.391. The van der Waals surface area contributed by atoms with E-state index in [9.17, 15) is 9.59 Å². The number of methoxy groups -OCH3 is 1. The molecule has 6 nitrogen and oxygen atoms in total. The monoisotopic (exact) mass is 396 g/mol. The predicted molar refractivity (Wildman–Crippen MR) is 114 cm³/mol. The highest BCUT2D eigenvalue weighted by atomic mass is 16.5. The Morgan fingerprint density at radius 2 is 1.93 bits per heavy atom. The molecule has 1 heterocycles. The first-order valence-corrected chi connectivity index (χ1v) is 10.1. The van der Waals surface area contributed by atoms with E-state index in [1.165, 1.54) is 7.11 Å². The second kappa shape index (κ2) is 10.1. The van der Waals surface area contributed by atoms with Crippen molar-refractivity contribution in [1.29, 1.82) is 0 Å². The number of nitrogens with zero attached hydrogens (tertiary/aromatic N) is 1. The summed E-state index contributed by atoms with van der Waals surface area (Å²) in [5.41, 5.74) is 3.24. The second-order valence-corrected chi connectivity index (χ2v) is 7.11. The molecule has 0 aromatic heterocycles. The molecule has 2 aromatic rings. The summed E-state index contributed by atoms with van der Waals surface area (Å²) in [6, 6.07) is 12.8. The molecule has 0 bridgehead atoms. The Kier molecular flexibility index (Phi) is 7.25. The lowest BCUT2D eigenvalue weighted by atomic mass is 10.0. The molecule has 1 N–H and O–H groups in total. The SMILES string of the molecule is CCCCOc1ccc(C(=O)Nc2ccc3c(c2)CCCN3C(=O)COC)cc1. The van der Waals surface area contributed by atoms with Crippen molar-refractivity contribution in [3.63, 3.8) is 0 Å². The second-order valence-electron chi connectivity index (χ2n) is 7.11. The van der Waals surface area contributed by atoms with E-state index in [0.717, 1.165) is 48.4 Å². The number of anilines is 2. The van der Waals surface area contributed by atoms with Gasteiger partial charge in [-0.15, -0.1) is 0 Å². The number of unbranched alkanes of at least 4 members (excludes halogenated alkanes) is 1. The summed E-state index contributed by atoms with van der Waals surface area (Å²) in [6.45, 7) is 3.55. The molecule has 0 saturated carbocycles. The van der Waals surface area contributed by atoms with Crippen LogP contribution in [0.4, 0.5) is 11.4 Å². The molecule has 154 valence electrons. The van der Waals surface area contributed by atoms with Gasteiger partial charge in [0.1, 0.15) is 12.4 Å². The van der Waals surface area contributed by atoms with Gasteiger partial charge < -0.3 is 19.7 Å². The standard InChI is InChI=1S/C23H28N2O4/c1-3-4-14-29-20-10-7-17(8-11-20)23(27)24-19-9-12-21-18(15-19)6-5-13-25(21)22(26)16-28-2/h7-12,15H,3-6,13-14,16H2,1-2H3,(H,24,27). The van der Waals surface area contributed by atoms with Crippen molar-refractivity contribution in [2.24, 2.45) is 0 Å². The van der Waals surface area contributed by atoms with Crippen LogP contribution in [0, 0.1) is 0 Å². The zero-order valence-electron chi connectivity index (χ0n) is 17.1. The first kappa shape index (κ1) is 20.9. The van der Waals surface area contributed by atoms with Gasteiger partial charge in [0.15, 0.2) is 0 Å². The van der Waals surface area contributed by atoms with Gasteiger partial charge in [-0.3, -0.25) is 9.59 Å². The molecular formula is C23H28N2O4. The average molecular weight is 396 g/mol. The molecule has 1 aliphatic heterocycles. The molecule has 0 radical (unpaired) electrons. The number of carbonyl (C=O) groups is 2. The molecule has 0 spiro atoms. The maximum Gasteiger partial charge on any atom is 0.255 e. The largest absolute Gasteiger partial charge is 0.494 e. The van der Waals surface area contributed by atoms with Crippen molar-refractivity contribution in [3.05, 3.63) is 53.6 Å². The smallest absolute Gasteiger partial charge is 0.255 e. The van der Waals surface area contributed by atoms with E-state index in [2.05, 4.69) is 12.2 Å². The minimum Gasteiger partial charge on any atom is -0.494 e. The molecule has 0 unspecified atom stereocenters. The topological polar surface area (TPSA) is 67.9 Å². The van der Waals surface area contributed by atoms with E-state index < -0.39 is 0 Å². The zero-order valence-corrected chi connectivity index (χ0v) is 17.1. The lowest BCUT2D eigenvalue weighted by molar-refractivity contribution is -0.122. The number of benzene rings is 2. The van der Waals surface area contributed by atoms with E-state index in [-0.39, 0.29) is 18.4 Å². The van der Waals surface area contributed by atoms with Gasteiger partial charge in [-0.25, -0.2) is 0 Å². The van der Waals surface area contributed by atoms with E-state index >= 15 is 0 Å². The van der Waals surface area contributed by atoms with Crippen LogP contribution >= 0.6 is 0 Å². The number of aryl methyl sites for hydroxylation is 1. The Hall–Kier alpha value is -2.86. The normalized spacial score (nSPS) is 13.0. The van der Waals surface area contributed by atoms with E-state index in [4.69, 9.17) is 9.47 Å².